The highest BCUT2D eigenvalue weighted by Crippen LogP contribution is 2.27. The van der Waals surface area contributed by atoms with Crippen LogP contribution in [0.1, 0.15) is 5.56 Å². The van der Waals surface area contributed by atoms with Crippen molar-refractivity contribution >= 4 is 23.0 Å². The first-order valence-corrected chi connectivity index (χ1v) is 5.97. The predicted molar refractivity (Wildman–Crippen MR) is 71.8 cm³/mol. The largest absolute Gasteiger partial charge is 0.380 e. The zero-order chi connectivity index (χ0) is 14.7. The minimum atomic E-state index is -0.950. The molecule has 0 fully saturated rings. The molecule has 0 aromatic heterocycles. The molecule has 2 aromatic rings. The Labute approximate surface area is 118 Å². The fourth-order valence-electron chi connectivity index (χ4n) is 1.61. The summed E-state index contributed by atoms with van der Waals surface area (Å²) >= 11 is 5.90. The molecule has 104 valence electrons. The Balaban J connectivity index is 2.15. The van der Waals surface area contributed by atoms with Crippen LogP contribution in [0.4, 0.5) is 20.2 Å². The molecule has 0 aliphatic carbocycles. The number of nitrogens with one attached hydrogen (secondary N) is 1. The van der Waals surface area contributed by atoms with E-state index in [-0.39, 0.29) is 12.2 Å². The predicted octanol–water partition coefficient (Wildman–Crippen LogP) is 4.14. The zero-order valence-corrected chi connectivity index (χ0v) is 10.8. The van der Waals surface area contributed by atoms with Crippen molar-refractivity contribution in [3.05, 3.63) is 68.7 Å². The van der Waals surface area contributed by atoms with Crippen molar-refractivity contribution < 1.29 is 13.7 Å². The highest BCUT2D eigenvalue weighted by atomic mass is 35.5. The van der Waals surface area contributed by atoms with Gasteiger partial charge in [0.25, 0.3) is 5.69 Å². The number of nitro benzene ring substituents is 1. The highest BCUT2D eigenvalue weighted by Gasteiger charge is 2.10. The summed E-state index contributed by atoms with van der Waals surface area (Å²) in [6.45, 7) is 0.165. The summed E-state index contributed by atoms with van der Waals surface area (Å²) in [5.74, 6) is -1.88. The molecule has 0 unspecified atom stereocenters. The SMILES string of the molecule is O=[N+]([O-])c1ccc(Cl)c(NCc2ccc(F)c(F)c2)c1. The fourth-order valence-corrected chi connectivity index (χ4v) is 1.79. The van der Waals surface area contributed by atoms with Crippen LogP contribution in [0.25, 0.3) is 0 Å². The number of non-ortho nitro benzene ring substituents is 1. The van der Waals surface area contributed by atoms with Crippen LogP contribution in [0.3, 0.4) is 0 Å². The van der Waals surface area contributed by atoms with Gasteiger partial charge < -0.3 is 5.32 Å². The van der Waals surface area contributed by atoms with Gasteiger partial charge in [0.1, 0.15) is 0 Å². The van der Waals surface area contributed by atoms with Crippen LogP contribution in [-0.4, -0.2) is 4.92 Å². The van der Waals surface area contributed by atoms with Crippen molar-refractivity contribution in [2.45, 2.75) is 6.54 Å². The van der Waals surface area contributed by atoms with E-state index in [9.17, 15) is 18.9 Å². The van der Waals surface area contributed by atoms with Gasteiger partial charge in [-0.1, -0.05) is 17.7 Å². The van der Waals surface area contributed by atoms with Crippen molar-refractivity contribution in [2.24, 2.45) is 0 Å². The summed E-state index contributed by atoms with van der Waals surface area (Å²) in [7, 11) is 0. The number of hydrogen-bond donors (Lipinski definition) is 1. The first kappa shape index (κ1) is 14.2. The molecule has 7 heteroatoms. The molecule has 0 aliphatic heterocycles. The Morgan fingerprint density at radius 1 is 1.15 bits per heavy atom. The van der Waals surface area contributed by atoms with Gasteiger partial charge in [0.05, 0.1) is 15.6 Å². The highest BCUT2D eigenvalue weighted by molar-refractivity contribution is 6.33. The van der Waals surface area contributed by atoms with E-state index in [4.69, 9.17) is 11.6 Å². The van der Waals surface area contributed by atoms with Crippen molar-refractivity contribution in [1.29, 1.82) is 0 Å². The maximum Gasteiger partial charge on any atom is 0.271 e. The maximum atomic E-state index is 13.0. The Morgan fingerprint density at radius 2 is 1.90 bits per heavy atom. The van der Waals surface area contributed by atoms with E-state index in [0.717, 1.165) is 12.1 Å². The van der Waals surface area contributed by atoms with Gasteiger partial charge in [0.15, 0.2) is 11.6 Å². The normalized spacial score (nSPS) is 10.3. The summed E-state index contributed by atoms with van der Waals surface area (Å²) in [6.07, 6.45) is 0. The van der Waals surface area contributed by atoms with Crippen molar-refractivity contribution in [1.82, 2.24) is 0 Å². The number of nitrogens with zero attached hydrogens (tertiary/aromatic N) is 1. The van der Waals surface area contributed by atoms with Crippen molar-refractivity contribution in [2.75, 3.05) is 5.32 Å². The van der Waals surface area contributed by atoms with Gasteiger partial charge in [-0.05, 0) is 23.8 Å². The second kappa shape index (κ2) is 5.83. The lowest BCUT2D eigenvalue weighted by Crippen LogP contribution is -2.01. The minimum Gasteiger partial charge on any atom is -0.380 e. The molecule has 4 nitrogen and oxygen atoms in total. The molecule has 0 saturated carbocycles. The average Bonchev–Trinajstić information content (AvgIpc) is 2.41. The van der Waals surface area contributed by atoms with Crippen LogP contribution < -0.4 is 5.32 Å². The molecule has 0 atom stereocenters. The Morgan fingerprint density at radius 3 is 2.55 bits per heavy atom. The molecule has 0 radical (unpaired) electrons. The van der Waals surface area contributed by atoms with E-state index >= 15 is 0 Å². The first-order valence-electron chi connectivity index (χ1n) is 5.59. The molecule has 0 heterocycles. The molecule has 0 bridgehead atoms. The molecule has 0 aliphatic rings. The smallest absolute Gasteiger partial charge is 0.271 e. The van der Waals surface area contributed by atoms with Crippen LogP contribution in [0.15, 0.2) is 36.4 Å². The van der Waals surface area contributed by atoms with Gasteiger partial charge in [-0.2, -0.15) is 0 Å². The number of rotatable bonds is 4. The number of benzene rings is 2. The Kier molecular flexibility index (Phi) is 4.14. The van der Waals surface area contributed by atoms with E-state index in [1.54, 1.807) is 0 Å². The molecule has 1 N–H and O–H groups in total. The van der Waals surface area contributed by atoms with Crippen LogP contribution in [-0.2, 0) is 6.54 Å². The molecular weight excluding hydrogens is 290 g/mol. The molecular formula is C13H9ClF2N2O2. The van der Waals surface area contributed by atoms with Gasteiger partial charge in [-0.25, -0.2) is 8.78 Å². The lowest BCUT2D eigenvalue weighted by molar-refractivity contribution is -0.384. The van der Waals surface area contributed by atoms with Crippen LogP contribution in [0.5, 0.6) is 0 Å². The van der Waals surface area contributed by atoms with Gasteiger partial charge in [0, 0.05) is 18.7 Å². The van der Waals surface area contributed by atoms with E-state index in [1.165, 1.54) is 24.3 Å². The number of halogens is 3. The quantitative estimate of drug-likeness (QED) is 0.682. The maximum absolute atomic E-state index is 13.0. The fraction of sp³-hybridized carbons (Fsp3) is 0.0769. The van der Waals surface area contributed by atoms with Gasteiger partial charge >= 0.3 is 0 Å². The summed E-state index contributed by atoms with van der Waals surface area (Å²) in [5.41, 5.74) is 0.735. The van der Waals surface area contributed by atoms with Gasteiger partial charge in [-0.15, -0.1) is 0 Å². The number of hydrogen-bond acceptors (Lipinski definition) is 3. The van der Waals surface area contributed by atoms with Crippen molar-refractivity contribution in [3.8, 4) is 0 Å². The summed E-state index contributed by atoms with van der Waals surface area (Å²) in [4.78, 5) is 10.1. The molecule has 2 aromatic carbocycles. The van der Waals surface area contributed by atoms with E-state index in [1.807, 2.05) is 0 Å². The third kappa shape index (κ3) is 3.21. The lowest BCUT2D eigenvalue weighted by Gasteiger charge is -2.08. The number of anilines is 1. The molecule has 20 heavy (non-hydrogen) atoms. The molecule has 2 rings (SSSR count). The Bertz CT molecular complexity index is 665. The van der Waals surface area contributed by atoms with E-state index in [2.05, 4.69) is 5.32 Å². The third-order valence-electron chi connectivity index (χ3n) is 2.63. The van der Waals surface area contributed by atoms with Crippen LogP contribution >= 0.6 is 11.6 Å². The third-order valence-corrected chi connectivity index (χ3v) is 2.96. The van der Waals surface area contributed by atoms with E-state index < -0.39 is 16.6 Å². The average molecular weight is 299 g/mol. The molecule has 0 spiro atoms. The summed E-state index contributed by atoms with van der Waals surface area (Å²) < 4.78 is 25.8. The topological polar surface area (TPSA) is 55.2 Å². The van der Waals surface area contributed by atoms with Crippen LogP contribution in [0.2, 0.25) is 5.02 Å². The van der Waals surface area contributed by atoms with Crippen LogP contribution in [0, 0.1) is 21.7 Å². The zero-order valence-electron chi connectivity index (χ0n) is 10.1. The van der Waals surface area contributed by atoms with Gasteiger partial charge in [-0.3, -0.25) is 10.1 Å². The van der Waals surface area contributed by atoms with Gasteiger partial charge in [0.2, 0.25) is 0 Å². The Hall–Kier alpha value is -2.21. The first-order chi connectivity index (χ1) is 9.47. The minimum absolute atomic E-state index is 0.109. The standard InChI is InChI=1S/C13H9ClF2N2O2/c14-10-3-2-9(18(19)20)6-13(10)17-7-8-1-4-11(15)12(16)5-8/h1-6,17H,7H2. The van der Waals surface area contributed by atoms with Crippen molar-refractivity contribution in [3.63, 3.8) is 0 Å². The molecule has 0 amide bonds. The second-order valence-corrected chi connectivity index (χ2v) is 4.43. The number of nitro groups is 1. The molecule has 0 saturated heterocycles. The lowest BCUT2D eigenvalue weighted by atomic mass is 10.2. The second-order valence-electron chi connectivity index (χ2n) is 4.02. The summed E-state index contributed by atoms with van der Waals surface area (Å²) in [6, 6.07) is 7.44. The van der Waals surface area contributed by atoms with E-state index in [0.29, 0.717) is 16.3 Å². The monoisotopic (exact) mass is 298 g/mol. The summed E-state index contributed by atoms with van der Waals surface area (Å²) in [5, 5.41) is 13.8.